The summed E-state index contributed by atoms with van der Waals surface area (Å²) in [5.74, 6) is 0.379. The Hall–Kier alpha value is -1.13. The number of aliphatic hydroxyl groups excluding tert-OH is 2. The lowest BCUT2D eigenvalue weighted by Crippen LogP contribution is -2.67. The van der Waals surface area contributed by atoms with Crippen molar-refractivity contribution < 1.29 is 20.1 Å². The lowest BCUT2D eigenvalue weighted by molar-refractivity contribution is -0.231. The zero-order valence-corrected chi connectivity index (χ0v) is 22.2. The van der Waals surface area contributed by atoms with E-state index in [0.717, 1.165) is 38.5 Å². The van der Waals surface area contributed by atoms with Crippen LogP contribution in [0, 0.1) is 50.7 Å². The van der Waals surface area contributed by atoms with Gasteiger partial charge < -0.3 is 15.3 Å². The van der Waals surface area contributed by atoms with Crippen molar-refractivity contribution in [1.29, 1.82) is 0 Å². The van der Waals surface area contributed by atoms with Gasteiger partial charge in [-0.1, -0.05) is 65.3 Å². The number of hydrogen-bond acceptors (Lipinski definition) is 3. The summed E-state index contributed by atoms with van der Waals surface area (Å²) in [4.78, 5) is 12.8. The molecule has 0 aromatic rings. The first-order valence-electron chi connectivity index (χ1n) is 13.6. The van der Waals surface area contributed by atoms with Crippen LogP contribution >= 0.6 is 0 Å². The van der Waals surface area contributed by atoms with E-state index >= 15 is 0 Å². The third kappa shape index (κ3) is 2.71. The molecule has 5 aliphatic carbocycles. The van der Waals surface area contributed by atoms with Gasteiger partial charge in [-0.2, -0.15) is 0 Å². The fourth-order valence-electron chi connectivity index (χ4n) is 10.7. The SMILES string of the molecule is C=C1CC[C@]2(C(=O)O)CC[C@]3(C)C(=CC[C@@H]4[C@@]5(C)C[C@@H](O)[C@H](O)C(C)(C)[C@H]5CC[C@]43C)[C@@H]2[C@H]1C. The van der Waals surface area contributed by atoms with Crippen molar-refractivity contribution in [3.63, 3.8) is 0 Å². The first-order valence-corrected chi connectivity index (χ1v) is 13.6. The Kier molecular flexibility index (Phi) is 5.21. The predicted molar refractivity (Wildman–Crippen MR) is 134 cm³/mol. The number of rotatable bonds is 1. The molecule has 34 heavy (non-hydrogen) atoms. The summed E-state index contributed by atoms with van der Waals surface area (Å²) in [5.41, 5.74) is 1.56. The van der Waals surface area contributed by atoms with Gasteiger partial charge in [0.15, 0.2) is 0 Å². The highest BCUT2D eigenvalue weighted by atomic mass is 16.4. The molecule has 5 rings (SSSR count). The summed E-state index contributed by atoms with van der Waals surface area (Å²) in [5, 5.41) is 32.4. The van der Waals surface area contributed by atoms with E-state index in [1.54, 1.807) is 0 Å². The molecule has 0 aromatic heterocycles. The van der Waals surface area contributed by atoms with Gasteiger partial charge in [0.05, 0.1) is 17.6 Å². The van der Waals surface area contributed by atoms with Crippen molar-refractivity contribution in [3.8, 4) is 0 Å². The van der Waals surface area contributed by atoms with Gasteiger partial charge in [-0.05, 0) is 90.8 Å². The highest BCUT2D eigenvalue weighted by molar-refractivity contribution is 5.77. The Morgan fingerprint density at radius 3 is 2.35 bits per heavy atom. The third-order valence-electron chi connectivity index (χ3n) is 12.9. The fraction of sp³-hybridized carbons (Fsp3) is 0.833. The molecule has 4 saturated carbocycles. The van der Waals surface area contributed by atoms with Crippen LogP contribution < -0.4 is 0 Å². The molecule has 0 spiro atoms. The molecule has 0 aliphatic heterocycles. The maximum Gasteiger partial charge on any atom is 0.310 e. The average Bonchev–Trinajstić information content (AvgIpc) is 2.75. The van der Waals surface area contributed by atoms with Gasteiger partial charge in [0.2, 0.25) is 0 Å². The lowest BCUT2D eigenvalue weighted by atomic mass is 9.33. The molecule has 0 saturated heterocycles. The summed E-state index contributed by atoms with van der Waals surface area (Å²) in [6.07, 6.45) is 8.02. The summed E-state index contributed by atoms with van der Waals surface area (Å²) in [7, 11) is 0. The van der Waals surface area contributed by atoms with E-state index in [0.29, 0.717) is 24.7 Å². The van der Waals surface area contributed by atoms with Crippen molar-refractivity contribution >= 4 is 5.97 Å². The Morgan fingerprint density at radius 1 is 1.03 bits per heavy atom. The first-order chi connectivity index (χ1) is 15.7. The van der Waals surface area contributed by atoms with Crippen LogP contribution in [-0.2, 0) is 4.79 Å². The largest absolute Gasteiger partial charge is 0.481 e. The van der Waals surface area contributed by atoms with Crippen LogP contribution in [-0.4, -0.2) is 33.5 Å². The minimum Gasteiger partial charge on any atom is -0.481 e. The number of aliphatic carboxylic acids is 1. The van der Waals surface area contributed by atoms with E-state index in [1.807, 2.05) is 0 Å². The van der Waals surface area contributed by atoms with Crippen molar-refractivity contribution in [2.75, 3.05) is 0 Å². The zero-order valence-electron chi connectivity index (χ0n) is 22.2. The summed E-state index contributed by atoms with van der Waals surface area (Å²) >= 11 is 0. The van der Waals surface area contributed by atoms with Crippen LogP contribution in [0.15, 0.2) is 23.8 Å². The smallest absolute Gasteiger partial charge is 0.310 e. The second-order valence-electron chi connectivity index (χ2n) is 14.2. The molecule has 0 unspecified atom stereocenters. The van der Waals surface area contributed by atoms with E-state index in [4.69, 9.17) is 0 Å². The van der Waals surface area contributed by atoms with E-state index in [2.05, 4.69) is 54.2 Å². The Labute approximate surface area is 205 Å². The second kappa shape index (κ2) is 7.22. The predicted octanol–water partition coefficient (Wildman–Crippen LogP) is 5.98. The number of allylic oxidation sites excluding steroid dienone is 3. The molecule has 4 fully saturated rings. The van der Waals surface area contributed by atoms with Crippen molar-refractivity contribution in [3.05, 3.63) is 23.8 Å². The Balaban J connectivity index is 1.63. The highest BCUT2D eigenvalue weighted by Gasteiger charge is 2.70. The van der Waals surface area contributed by atoms with E-state index in [1.165, 1.54) is 11.1 Å². The number of aliphatic hydroxyl groups is 2. The number of fused-ring (bicyclic) bond motifs is 7. The molecular formula is C30H46O4. The summed E-state index contributed by atoms with van der Waals surface area (Å²) in [6.45, 7) is 18.2. The number of carboxylic acids is 1. The molecule has 10 atom stereocenters. The molecule has 190 valence electrons. The van der Waals surface area contributed by atoms with Gasteiger partial charge in [-0.3, -0.25) is 4.79 Å². The molecule has 0 aromatic carbocycles. The van der Waals surface area contributed by atoms with Gasteiger partial charge >= 0.3 is 5.97 Å². The maximum atomic E-state index is 12.8. The van der Waals surface area contributed by atoms with Crippen LogP contribution in [0.5, 0.6) is 0 Å². The minimum atomic E-state index is -0.690. The molecule has 0 amide bonds. The Morgan fingerprint density at radius 2 is 1.71 bits per heavy atom. The van der Waals surface area contributed by atoms with E-state index in [9.17, 15) is 20.1 Å². The van der Waals surface area contributed by atoms with Crippen molar-refractivity contribution in [2.45, 2.75) is 105 Å². The number of hydrogen-bond donors (Lipinski definition) is 3. The Bertz CT molecular complexity index is 949. The van der Waals surface area contributed by atoms with Gasteiger partial charge in [0.1, 0.15) is 0 Å². The minimum absolute atomic E-state index is 0.0310. The molecule has 4 nitrogen and oxygen atoms in total. The summed E-state index contributed by atoms with van der Waals surface area (Å²) in [6, 6.07) is 0. The molecular weight excluding hydrogens is 424 g/mol. The van der Waals surface area contributed by atoms with Crippen molar-refractivity contribution in [1.82, 2.24) is 0 Å². The normalized spacial score (nSPS) is 54.1. The first kappa shape index (κ1) is 24.6. The maximum absolute atomic E-state index is 12.8. The third-order valence-corrected chi connectivity index (χ3v) is 12.9. The van der Waals surface area contributed by atoms with Crippen LogP contribution in [0.25, 0.3) is 0 Å². The van der Waals surface area contributed by atoms with Gasteiger partial charge in [-0.25, -0.2) is 0 Å². The molecule has 0 radical (unpaired) electrons. The highest BCUT2D eigenvalue weighted by Crippen LogP contribution is 2.75. The zero-order chi connectivity index (χ0) is 25.1. The summed E-state index contributed by atoms with van der Waals surface area (Å²) < 4.78 is 0. The molecule has 0 heterocycles. The second-order valence-corrected chi connectivity index (χ2v) is 14.2. The van der Waals surface area contributed by atoms with Gasteiger partial charge in [0, 0.05) is 5.92 Å². The molecule has 4 heteroatoms. The monoisotopic (exact) mass is 470 g/mol. The van der Waals surface area contributed by atoms with Gasteiger partial charge in [0.25, 0.3) is 0 Å². The van der Waals surface area contributed by atoms with Crippen LogP contribution in [0.3, 0.4) is 0 Å². The fourth-order valence-corrected chi connectivity index (χ4v) is 10.7. The standard InChI is InChI=1S/C30H46O4/c1-17-10-13-30(25(33)34)15-14-28(6)19(23(30)18(17)2)8-9-22-27(5)16-20(31)24(32)26(3,4)21(27)11-12-29(22,28)7/h8,18,20-24,31-32H,1,9-16H2,2-7H3,(H,33,34)/t18-,20+,21+,22+,23-,24-,27-,28+,29+,30-/m0/s1. The van der Waals surface area contributed by atoms with Crippen molar-refractivity contribution in [2.24, 2.45) is 50.7 Å². The molecule has 5 aliphatic rings. The quantitative estimate of drug-likeness (QED) is 0.412. The lowest BCUT2D eigenvalue weighted by Gasteiger charge is -2.71. The van der Waals surface area contributed by atoms with E-state index < -0.39 is 23.6 Å². The average molecular weight is 471 g/mol. The topological polar surface area (TPSA) is 77.8 Å². The van der Waals surface area contributed by atoms with Crippen LogP contribution in [0.2, 0.25) is 0 Å². The van der Waals surface area contributed by atoms with Crippen LogP contribution in [0.1, 0.15) is 92.9 Å². The number of carbonyl (C=O) groups is 1. The van der Waals surface area contributed by atoms with Gasteiger partial charge in [-0.15, -0.1) is 0 Å². The van der Waals surface area contributed by atoms with E-state index in [-0.39, 0.29) is 33.5 Å². The molecule has 0 bridgehead atoms. The molecule has 3 N–H and O–H groups in total. The van der Waals surface area contributed by atoms with Crippen LogP contribution in [0.4, 0.5) is 0 Å². The number of carboxylic acid groups (broad SMARTS) is 1.